The van der Waals surface area contributed by atoms with Gasteiger partial charge in [0.1, 0.15) is 0 Å². The van der Waals surface area contributed by atoms with E-state index in [1.807, 2.05) is 12.1 Å². The Balaban J connectivity index is 1.96. The normalized spacial score (nSPS) is 16.3. The van der Waals surface area contributed by atoms with Crippen LogP contribution in [0.2, 0.25) is 0 Å². The number of Topliss-reactive ketones (excluding diaryl/α,β-unsaturated/α-hetero) is 1. The van der Waals surface area contributed by atoms with Crippen molar-refractivity contribution in [2.75, 3.05) is 0 Å². The number of carbonyl (C=O) groups excluding carboxylic acids is 1. The second kappa shape index (κ2) is 5.07. The van der Waals surface area contributed by atoms with Gasteiger partial charge in [0.2, 0.25) is 5.78 Å². The Morgan fingerprint density at radius 1 is 1.00 bits per heavy atom. The van der Waals surface area contributed by atoms with E-state index in [1.54, 1.807) is 18.2 Å². The molecule has 5 heteroatoms. The number of allylic oxidation sites excluding steroid dienone is 1. The third-order valence-corrected chi connectivity index (χ3v) is 4.19. The molecule has 0 aliphatic carbocycles. The molecule has 0 N–H and O–H groups in total. The average Bonchev–Trinajstić information content (AvgIpc) is 2.75. The molecule has 0 unspecified atom stereocenters. The van der Waals surface area contributed by atoms with Crippen molar-refractivity contribution >= 4 is 23.6 Å². The van der Waals surface area contributed by atoms with Crippen molar-refractivity contribution in [3.05, 3.63) is 70.1 Å². The van der Waals surface area contributed by atoms with Gasteiger partial charge in [0.15, 0.2) is 0 Å². The van der Waals surface area contributed by atoms with Crippen molar-refractivity contribution in [2.45, 2.75) is 11.1 Å². The molecular formula is C16H9F3OS. The molecule has 0 fully saturated rings. The van der Waals surface area contributed by atoms with Gasteiger partial charge in [-0.05, 0) is 35.9 Å². The smallest absolute Gasteiger partial charge is 0.288 e. The first-order chi connectivity index (χ1) is 9.95. The predicted molar refractivity (Wildman–Crippen MR) is 76.1 cm³/mol. The van der Waals surface area contributed by atoms with Gasteiger partial charge in [-0.25, -0.2) is 0 Å². The summed E-state index contributed by atoms with van der Waals surface area (Å²) in [5, 5.41) is 0. The summed E-state index contributed by atoms with van der Waals surface area (Å²) >= 11 is 1.28. The number of rotatable bonds is 1. The summed E-state index contributed by atoms with van der Waals surface area (Å²) in [6.07, 6.45) is -2.88. The van der Waals surface area contributed by atoms with Crippen molar-refractivity contribution in [2.24, 2.45) is 0 Å². The lowest BCUT2D eigenvalue weighted by molar-refractivity contribution is -0.137. The van der Waals surface area contributed by atoms with Gasteiger partial charge in [-0.2, -0.15) is 13.2 Å². The molecular weight excluding hydrogens is 297 g/mol. The van der Waals surface area contributed by atoms with Gasteiger partial charge >= 0.3 is 6.18 Å². The lowest BCUT2D eigenvalue weighted by Gasteiger charge is -2.07. The Morgan fingerprint density at radius 3 is 2.48 bits per heavy atom. The highest BCUT2D eigenvalue weighted by atomic mass is 32.2. The number of thioether (sulfide) groups is 1. The number of benzene rings is 2. The van der Waals surface area contributed by atoms with E-state index in [0.29, 0.717) is 16.0 Å². The molecule has 1 aliphatic heterocycles. The Labute approximate surface area is 123 Å². The van der Waals surface area contributed by atoms with E-state index in [0.717, 1.165) is 17.0 Å². The van der Waals surface area contributed by atoms with Crippen LogP contribution in [0.25, 0.3) is 6.08 Å². The summed E-state index contributed by atoms with van der Waals surface area (Å²) in [5.74, 6) is -0.145. The molecule has 1 aliphatic rings. The molecule has 0 saturated heterocycles. The minimum absolute atomic E-state index is 0.145. The Morgan fingerprint density at radius 2 is 1.76 bits per heavy atom. The lowest BCUT2D eigenvalue weighted by atomic mass is 10.1. The van der Waals surface area contributed by atoms with E-state index < -0.39 is 11.7 Å². The first kappa shape index (κ1) is 13.9. The van der Waals surface area contributed by atoms with Gasteiger partial charge in [-0.3, -0.25) is 4.79 Å². The van der Waals surface area contributed by atoms with Crippen LogP contribution in [-0.4, -0.2) is 5.78 Å². The molecule has 1 nitrogen and oxygen atoms in total. The molecule has 0 radical (unpaired) electrons. The quantitative estimate of drug-likeness (QED) is 0.687. The second-order valence-corrected chi connectivity index (χ2v) is 5.64. The van der Waals surface area contributed by atoms with Gasteiger partial charge in [0.05, 0.1) is 10.5 Å². The van der Waals surface area contributed by atoms with Crippen molar-refractivity contribution in [1.82, 2.24) is 0 Å². The molecule has 106 valence electrons. The largest absolute Gasteiger partial charge is 0.416 e. The zero-order valence-electron chi connectivity index (χ0n) is 10.6. The monoisotopic (exact) mass is 306 g/mol. The van der Waals surface area contributed by atoms with Crippen molar-refractivity contribution in [3.63, 3.8) is 0 Å². The van der Waals surface area contributed by atoms with E-state index >= 15 is 0 Å². The minimum Gasteiger partial charge on any atom is -0.288 e. The number of hydrogen-bond donors (Lipinski definition) is 0. The Bertz CT molecular complexity index is 747. The summed E-state index contributed by atoms with van der Waals surface area (Å²) in [5.41, 5.74) is 0.249. The SMILES string of the molecule is O=C1C(=Cc2cccc(C(F)(F)F)c2)Sc2ccccc21. The molecule has 0 bridgehead atoms. The fourth-order valence-electron chi connectivity index (χ4n) is 2.09. The average molecular weight is 306 g/mol. The Kier molecular flexibility index (Phi) is 3.37. The maximum Gasteiger partial charge on any atom is 0.416 e. The molecule has 0 aromatic heterocycles. The number of alkyl halides is 3. The van der Waals surface area contributed by atoms with Gasteiger partial charge in [-0.15, -0.1) is 0 Å². The summed E-state index contributed by atoms with van der Waals surface area (Å²) < 4.78 is 38.0. The van der Waals surface area contributed by atoms with Gasteiger partial charge in [0, 0.05) is 10.5 Å². The molecule has 0 spiro atoms. The van der Waals surface area contributed by atoms with E-state index in [9.17, 15) is 18.0 Å². The van der Waals surface area contributed by atoms with Crippen LogP contribution in [0.15, 0.2) is 58.3 Å². The summed E-state index contributed by atoms with van der Waals surface area (Å²) in [6, 6.07) is 12.1. The van der Waals surface area contributed by atoms with Crippen LogP contribution in [0.5, 0.6) is 0 Å². The lowest BCUT2D eigenvalue weighted by Crippen LogP contribution is -2.04. The van der Waals surface area contributed by atoms with Crippen LogP contribution in [0.1, 0.15) is 21.5 Å². The molecule has 2 aromatic carbocycles. The second-order valence-electron chi connectivity index (χ2n) is 4.56. The third kappa shape index (κ3) is 2.74. The Hall–Kier alpha value is -2.01. The number of halogens is 3. The fraction of sp³-hybridized carbons (Fsp3) is 0.0625. The van der Waals surface area contributed by atoms with Crippen LogP contribution in [0.3, 0.4) is 0 Å². The number of carbonyl (C=O) groups is 1. The molecule has 0 atom stereocenters. The van der Waals surface area contributed by atoms with E-state index in [-0.39, 0.29) is 5.78 Å². The summed E-state index contributed by atoms with van der Waals surface area (Å²) in [7, 11) is 0. The number of ketones is 1. The highest BCUT2D eigenvalue weighted by Gasteiger charge is 2.30. The molecule has 21 heavy (non-hydrogen) atoms. The zero-order valence-corrected chi connectivity index (χ0v) is 11.5. The summed E-state index contributed by atoms with van der Waals surface area (Å²) in [6.45, 7) is 0. The molecule has 2 aromatic rings. The van der Waals surface area contributed by atoms with E-state index in [4.69, 9.17) is 0 Å². The van der Waals surface area contributed by atoms with Crippen molar-refractivity contribution < 1.29 is 18.0 Å². The molecule has 1 heterocycles. The topological polar surface area (TPSA) is 17.1 Å². The fourth-order valence-corrected chi connectivity index (χ4v) is 3.14. The van der Waals surface area contributed by atoms with Crippen LogP contribution in [-0.2, 0) is 6.18 Å². The maximum absolute atomic E-state index is 12.7. The van der Waals surface area contributed by atoms with E-state index in [2.05, 4.69) is 0 Å². The third-order valence-electron chi connectivity index (χ3n) is 3.09. The molecule has 0 saturated carbocycles. The van der Waals surface area contributed by atoms with Crippen molar-refractivity contribution in [3.8, 4) is 0 Å². The number of hydrogen-bond acceptors (Lipinski definition) is 2. The first-order valence-corrected chi connectivity index (χ1v) is 6.97. The predicted octanol–water partition coefficient (Wildman–Crippen LogP) is 5.03. The number of fused-ring (bicyclic) bond motifs is 1. The first-order valence-electron chi connectivity index (χ1n) is 6.16. The van der Waals surface area contributed by atoms with Crippen molar-refractivity contribution in [1.29, 1.82) is 0 Å². The molecule has 3 rings (SSSR count). The van der Waals surface area contributed by atoms with Crippen LogP contribution >= 0.6 is 11.8 Å². The van der Waals surface area contributed by atoms with Gasteiger partial charge in [0.25, 0.3) is 0 Å². The summed E-state index contributed by atoms with van der Waals surface area (Å²) in [4.78, 5) is 13.4. The van der Waals surface area contributed by atoms with Crippen LogP contribution < -0.4 is 0 Å². The standard InChI is InChI=1S/C16H9F3OS/c17-16(18,19)11-5-3-4-10(8-11)9-14-15(20)12-6-1-2-7-13(12)21-14/h1-9H. The molecule has 0 amide bonds. The maximum atomic E-state index is 12.7. The van der Waals surface area contributed by atoms with Crippen LogP contribution in [0.4, 0.5) is 13.2 Å². The highest BCUT2D eigenvalue weighted by Crippen LogP contribution is 2.40. The minimum atomic E-state index is -4.38. The highest BCUT2D eigenvalue weighted by molar-refractivity contribution is 8.04. The van der Waals surface area contributed by atoms with Gasteiger partial charge in [-0.1, -0.05) is 36.0 Å². The zero-order chi connectivity index (χ0) is 15.0. The van der Waals surface area contributed by atoms with E-state index in [1.165, 1.54) is 23.9 Å². The van der Waals surface area contributed by atoms with Gasteiger partial charge < -0.3 is 0 Å². The van der Waals surface area contributed by atoms with Crippen LogP contribution in [0, 0.1) is 0 Å².